The van der Waals surface area contributed by atoms with Gasteiger partial charge in [-0.3, -0.25) is 0 Å². The van der Waals surface area contributed by atoms with E-state index in [1.165, 1.54) is 50.8 Å². The van der Waals surface area contributed by atoms with Gasteiger partial charge >= 0.3 is 0 Å². The van der Waals surface area contributed by atoms with Gasteiger partial charge in [-0.25, -0.2) is 0 Å². The first-order valence-corrected chi connectivity index (χ1v) is 8.63. The molecule has 1 aliphatic heterocycles. The zero-order chi connectivity index (χ0) is 14.8. The van der Waals surface area contributed by atoms with Gasteiger partial charge in [0.2, 0.25) is 0 Å². The molecule has 1 saturated heterocycles. The summed E-state index contributed by atoms with van der Waals surface area (Å²) in [5.41, 5.74) is 2.07. The minimum atomic E-state index is 0.0900. The molecule has 21 heavy (non-hydrogen) atoms. The zero-order valence-corrected chi connectivity index (χ0v) is 13.7. The van der Waals surface area contributed by atoms with E-state index < -0.39 is 0 Å². The summed E-state index contributed by atoms with van der Waals surface area (Å²) in [5.74, 6) is 0. The molecule has 1 saturated carbocycles. The second-order valence-electron chi connectivity index (χ2n) is 7.71. The van der Waals surface area contributed by atoms with Crippen LogP contribution in [0, 0.1) is 5.41 Å². The summed E-state index contributed by atoms with van der Waals surface area (Å²) >= 11 is 0. The predicted octanol–water partition coefficient (Wildman–Crippen LogP) is 3.78. The van der Waals surface area contributed by atoms with Crippen molar-refractivity contribution < 1.29 is 0 Å². The van der Waals surface area contributed by atoms with Gasteiger partial charge in [-0.1, -0.05) is 50.1 Å². The van der Waals surface area contributed by atoms with Gasteiger partial charge in [-0.05, 0) is 50.3 Å². The van der Waals surface area contributed by atoms with E-state index in [0.29, 0.717) is 5.41 Å². The fourth-order valence-electron chi connectivity index (χ4n) is 4.31. The van der Waals surface area contributed by atoms with E-state index in [0.717, 1.165) is 13.1 Å². The monoisotopic (exact) mass is 286 g/mol. The van der Waals surface area contributed by atoms with Crippen LogP contribution < -0.4 is 5.32 Å². The van der Waals surface area contributed by atoms with Gasteiger partial charge < -0.3 is 10.2 Å². The molecule has 1 aromatic carbocycles. The third-order valence-electron chi connectivity index (χ3n) is 5.53. The predicted molar refractivity (Wildman–Crippen MR) is 89.4 cm³/mol. The lowest BCUT2D eigenvalue weighted by Gasteiger charge is -2.38. The van der Waals surface area contributed by atoms with E-state index in [1.54, 1.807) is 0 Å². The molecule has 1 aromatic rings. The number of nitrogens with zero attached hydrogens (tertiary/aromatic N) is 1. The maximum Gasteiger partial charge on any atom is 0.0534 e. The minimum Gasteiger partial charge on any atom is -0.307 e. The van der Waals surface area contributed by atoms with Crippen molar-refractivity contribution in [2.75, 3.05) is 26.2 Å². The van der Waals surface area contributed by atoms with Crippen LogP contribution in [0.25, 0.3) is 0 Å². The summed E-state index contributed by atoms with van der Waals surface area (Å²) in [6.45, 7) is 9.64. The Morgan fingerprint density at radius 2 is 1.76 bits per heavy atom. The topological polar surface area (TPSA) is 15.3 Å². The lowest BCUT2D eigenvalue weighted by Crippen LogP contribution is -2.48. The standard InChI is InChI=1S/C19H30N2/c1-18(11-6-7-12-18)15-21-14-8-13-20-19(2,16-21)17-9-4-3-5-10-17/h3-5,9-10,20H,6-8,11-16H2,1-2H3. The van der Waals surface area contributed by atoms with E-state index in [2.05, 4.69) is 54.4 Å². The molecule has 116 valence electrons. The summed E-state index contributed by atoms with van der Waals surface area (Å²) in [6.07, 6.45) is 6.95. The molecule has 0 spiro atoms. The SMILES string of the molecule is CC1(CN2CCCNC(C)(c3ccccc3)C2)CCCC1. The summed E-state index contributed by atoms with van der Waals surface area (Å²) < 4.78 is 0. The summed E-state index contributed by atoms with van der Waals surface area (Å²) in [7, 11) is 0. The van der Waals surface area contributed by atoms with Gasteiger partial charge in [0.05, 0.1) is 5.54 Å². The molecule has 1 unspecified atom stereocenters. The first-order chi connectivity index (χ1) is 10.1. The smallest absolute Gasteiger partial charge is 0.0534 e. The van der Waals surface area contributed by atoms with Gasteiger partial charge in [0.25, 0.3) is 0 Å². The molecule has 2 nitrogen and oxygen atoms in total. The van der Waals surface area contributed by atoms with E-state index in [-0.39, 0.29) is 5.54 Å². The highest BCUT2D eigenvalue weighted by Gasteiger charge is 2.35. The summed E-state index contributed by atoms with van der Waals surface area (Å²) in [6, 6.07) is 11.0. The molecule has 0 aromatic heterocycles. The Hall–Kier alpha value is -0.860. The maximum atomic E-state index is 3.80. The Bertz CT molecular complexity index is 450. The quantitative estimate of drug-likeness (QED) is 0.910. The molecule has 1 aliphatic carbocycles. The fourth-order valence-corrected chi connectivity index (χ4v) is 4.31. The number of hydrogen-bond donors (Lipinski definition) is 1. The van der Waals surface area contributed by atoms with Crippen molar-refractivity contribution >= 4 is 0 Å². The number of hydrogen-bond acceptors (Lipinski definition) is 2. The van der Waals surface area contributed by atoms with Gasteiger partial charge in [0, 0.05) is 13.1 Å². The highest BCUT2D eigenvalue weighted by Crippen LogP contribution is 2.39. The van der Waals surface area contributed by atoms with Gasteiger partial charge in [0.15, 0.2) is 0 Å². The van der Waals surface area contributed by atoms with Crippen molar-refractivity contribution in [3.8, 4) is 0 Å². The maximum absolute atomic E-state index is 3.80. The van der Waals surface area contributed by atoms with Crippen molar-refractivity contribution in [2.45, 2.75) is 51.5 Å². The van der Waals surface area contributed by atoms with Crippen molar-refractivity contribution in [3.63, 3.8) is 0 Å². The lowest BCUT2D eigenvalue weighted by molar-refractivity contribution is 0.144. The Kier molecular flexibility index (Phi) is 4.37. The molecule has 0 radical (unpaired) electrons. The molecule has 0 bridgehead atoms. The van der Waals surface area contributed by atoms with Crippen LogP contribution in [0.4, 0.5) is 0 Å². The van der Waals surface area contributed by atoms with Crippen LogP contribution in [0.15, 0.2) is 30.3 Å². The highest BCUT2D eigenvalue weighted by atomic mass is 15.2. The normalized spacial score (nSPS) is 30.2. The first-order valence-electron chi connectivity index (χ1n) is 8.63. The van der Waals surface area contributed by atoms with Crippen LogP contribution >= 0.6 is 0 Å². The Balaban J connectivity index is 1.74. The number of rotatable bonds is 3. The Morgan fingerprint density at radius 1 is 1.05 bits per heavy atom. The second-order valence-corrected chi connectivity index (χ2v) is 7.71. The van der Waals surface area contributed by atoms with E-state index in [4.69, 9.17) is 0 Å². The van der Waals surface area contributed by atoms with Crippen molar-refractivity contribution in [2.24, 2.45) is 5.41 Å². The van der Waals surface area contributed by atoms with Gasteiger partial charge in [0.1, 0.15) is 0 Å². The van der Waals surface area contributed by atoms with Crippen LogP contribution in [-0.2, 0) is 5.54 Å². The second kappa shape index (κ2) is 6.10. The lowest BCUT2D eigenvalue weighted by atomic mass is 9.86. The molecule has 2 fully saturated rings. The molecular formula is C19H30N2. The van der Waals surface area contributed by atoms with Crippen LogP contribution in [0.3, 0.4) is 0 Å². The molecule has 3 rings (SSSR count). The van der Waals surface area contributed by atoms with Gasteiger partial charge in [-0.15, -0.1) is 0 Å². The zero-order valence-electron chi connectivity index (χ0n) is 13.7. The van der Waals surface area contributed by atoms with E-state index >= 15 is 0 Å². The van der Waals surface area contributed by atoms with E-state index in [1.807, 2.05) is 0 Å². The van der Waals surface area contributed by atoms with Crippen molar-refractivity contribution in [1.29, 1.82) is 0 Å². The third-order valence-corrected chi connectivity index (χ3v) is 5.53. The third kappa shape index (κ3) is 3.49. The van der Waals surface area contributed by atoms with Gasteiger partial charge in [-0.2, -0.15) is 0 Å². The van der Waals surface area contributed by atoms with Crippen LogP contribution in [-0.4, -0.2) is 31.1 Å². The number of benzene rings is 1. The van der Waals surface area contributed by atoms with Crippen LogP contribution in [0.2, 0.25) is 0 Å². The summed E-state index contributed by atoms with van der Waals surface area (Å²) in [4.78, 5) is 2.72. The largest absolute Gasteiger partial charge is 0.307 e. The van der Waals surface area contributed by atoms with Crippen LogP contribution in [0.1, 0.15) is 51.5 Å². The Morgan fingerprint density at radius 3 is 2.48 bits per heavy atom. The Labute approximate surface area is 129 Å². The summed E-state index contributed by atoms with van der Waals surface area (Å²) in [5, 5.41) is 3.80. The van der Waals surface area contributed by atoms with E-state index in [9.17, 15) is 0 Å². The molecule has 2 heteroatoms. The average Bonchev–Trinajstić information content (AvgIpc) is 2.81. The van der Waals surface area contributed by atoms with Crippen LogP contribution in [0.5, 0.6) is 0 Å². The average molecular weight is 286 g/mol. The molecular weight excluding hydrogens is 256 g/mol. The minimum absolute atomic E-state index is 0.0900. The fraction of sp³-hybridized carbons (Fsp3) is 0.684. The number of nitrogens with one attached hydrogen (secondary N) is 1. The first kappa shape index (κ1) is 15.1. The highest BCUT2D eigenvalue weighted by molar-refractivity contribution is 5.24. The molecule has 1 N–H and O–H groups in total. The van der Waals surface area contributed by atoms with Crippen molar-refractivity contribution in [1.82, 2.24) is 10.2 Å². The molecule has 2 aliphatic rings. The molecule has 1 heterocycles. The van der Waals surface area contributed by atoms with Crippen molar-refractivity contribution in [3.05, 3.63) is 35.9 Å². The molecule has 0 amide bonds. The molecule has 1 atom stereocenters.